The van der Waals surface area contributed by atoms with Crippen LogP contribution in [0.15, 0.2) is 53.8 Å². The molecular formula is C29H39N3O4. The Kier molecular flexibility index (Phi) is 7.13. The largest absolute Gasteiger partial charge is 0.454 e. The first-order chi connectivity index (χ1) is 17.4. The second-order valence-electron chi connectivity index (χ2n) is 10.9. The van der Waals surface area contributed by atoms with Gasteiger partial charge in [-0.1, -0.05) is 32.1 Å². The average molecular weight is 494 g/mol. The number of allylic oxidation sites excluding steroid dienone is 1. The van der Waals surface area contributed by atoms with Crippen LogP contribution in [0.1, 0.15) is 44.0 Å². The number of fused-ring (bicyclic) bond motifs is 1. The van der Waals surface area contributed by atoms with E-state index >= 15 is 0 Å². The van der Waals surface area contributed by atoms with Crippen molar-refractivity contribution in [1.82, 2.24) is 14.7 Å². The van der Waals surface area contributed by atoms with Gasteiger partial charge in [-0.05, 0) is 49.6 Å². The molecule has 0 spiro atoms. The van der Waals surface area contributed by atoms with Gasteiger partial charge in [0.1, 0.15) is 0 Å². The molecule has 4 heterocycles. The number of benzene rings is 1. The number of ether oxygens (including phenoxy) is 3. The maximum absolute atomic E-state index is 13.6. The lowest BCUT2D eigenvalue weighted by Gasteiger charge is -2.42. The van der Waals surface area contributed by atoms with Gasteiger partial charge in [0, 0.05) is 56.4 Å². The fraction of sp³-hybridized carbons (Fsp3) is 0.552. The fourth-order valence-electron chi connectivity index (χ4n) is 5.87. The number of hydrogen-bond donors (Lipinski definition) is 0. The van der Waals surface area contributed by atoms with E-state index in [1.165, 1.54) is 11.1 Å². The highest BCUT2D eigenvalue weighted by atomic mass is 16.7. The molecule has 5 rings (SSSR count). The summed E-state index contributed by atoms with van der Waals surface area (Å²) < 4.78 is 16.7. The molecule has 4 aliphatic heterocycles. The van der Waals surface area contributed by atoms with Gasteiger partial charge in [-0.2, -0.15) is 0 Å². The van der Waals surface area contributed by atoms with E-state index in [1.54, 1.807) is 0 Å². The van der Waals surface area contributed by atoms with Gasteiger partial charge in [-0.15, -0.1) is 0 Å². The van der Waals surface area contributed by atoms with Crippen molar-refractivity contribution in [1.29, 1.82) is 0 Å². The molecule has 1 amide bonds. The van der Waals surface area contributed by atoms with Gasteiger partial charge in [0.15, 0.2) is 11.5 Å². The molecule has 0 saturated carbocycles. The van der Waals surface area contributed by atoms with Gasteiger partial charge in [0.2, 0.25) is 6.79 Å². The molecule has 7 heteroatoms. The SMILES string of the molecule is C=C/C(=C\C1=C(C)C(C)(C)CN(C(=O)c2cccc3c2OCO3)C1)N1CCC(N2CCOCC2)CC1. The zero-order valence-corrected chi connectivity index (χ0v) is 21.9. The smallest absolute Gasteiger partial charge is 0.258 e. The zero-order valence-electron chi connectivity index (χ0n) is 21.9. The van der Waals surface area contributed by atoms with Crippen LogP contribution in [-0.4, -0.2) is 85.9 Å². The molecule has 0 N–H and O–H groups in total. The van der Waals surface area contributed by atoms with Gasteiger partial charge in [-0.25, -0.2) is 0 Å². The lowest BCUT2D eigenvalue weighted by molar-refractivity contribution is 0.00367. The Morgan fingerprint density at radius 1 is 1.08 bits per heavy atom. The monoisotopic (exact) mass is 493 g/mol. The molecule has 0 bridgehead atoms. The van der Waals surface area contributed by atoms with Gasteiger partial charge in [0.25, 0.3) is 5.91 Å². The van der Waals surface area contributed by atoms with Crippen LogP contribution in [-0.2, 0) is 4.74 Å². The molecule has 0 aliphatic carbocycles. The highest BCUT2D eigenvalue weighted by molar-refractivity contribution is 5.98. The molecule has 0 unspecified atom stereocenters. The number of rotatable bonds is 5. The fourth-order valence-corrected chi connectivity index (χ4v) is 5.87. The molecule has 36 heavy (non-hydrogen) atoms. The quantitative estimate of drug-likeness (QED) is 0.576. The third-order valence-electron chi connectivity index (χ3n) is 8.28. The number of para-hydroxylation sites is 1. The Morgan fingerprint density at radius 3 is 2.56 bits per heavy atom. The number of carbonyl (C=O) groups is 1. The first-order valence-corrected chi connectivity index (χ1v) is 13.2. The van der Waals surface area contributed by atoms with E-state index in [1.807, 2.05) is 29.2 Å². The standard InChI is InChI=1S/C29H39N3O4/c1-5-23(30-11-9-24(10-12-30)31-13-15-34-16-14-31)17-22-18-32(19-29(3,4)21(22)2)28(33)25-7-6-8-26-27(25)36-20-35-26/h5-8,17,24H,1,9-16,18-20H2,2-4H3/b23-17+. The van der Waals surface area contributed by atoms with E-state index in [0.717, 1.165) is 57.9 Å². The molecule has 194 valence electrons. The van der Waals surface area contributed by atoms with Crippen LogP contribution < -0.4 is 9.47 Å². The van der Waals surface area contributed by atoms with Gasteiger partial charge in [-0.3, -0.25) is 9.69 Å². The molecule has 2 fully saturated rings. The van der Waals surface area contributed by atoms with Crippen LogP contribution in [0.4, 0.5) is 0 Å². The third kappa shape index (κ3) is 4.91. The van der Waals surface area contributed by atoms with E-state index in [-0.39, 0.29) is 18.1 Å². The summed E-state index contributed by atoms with van der Waals surface area (Å²) in [6, 6.07) is 6.17. The van der Waals surface area contributed by atoms with Crippen LogP contribution in [0.3, 0.4) is 0 Å². The van der Waals surface area contributed by atoms with Gasteiger partial charge >= 0.3 is 0 Å². The number of amides is 1. The van der Waals surface area contributed by atoms with Crippen molar-refractivity contribution in [2.45, 2.75) is 39.7 Å². The first-order valence-electron chi connectivity index (χ1n) is 13.2. The average Bonchev–Trinajstić information content (AvgIpc) is 3.39. The summed E-state index contributed by atoms with van der Waals surface area (Å²) >= 11 is 0. The minimum atomic E-state index is -0.134. The van der Waals surface area contributed by atoms with Crippen LogP contribution >= 0.6 is 0 Å². The maximum atomic E-state index is 13.6. The van der Waals surface area contributed by atoms with E-state index in [9.17, 15) is 4.79 Å². The van der Waals surface area contributed by atoms with Crippen LogP contribution in [0.25, 0.3) is 0 Å². The number of carbonyl (C=O) groups excluding carboxylic acids is 1. The Bertz CT molecular complexity index is 1060. The normalized spacial score (nSPS) is 23.2. The summed E-state index contributed by atoms with van der Waals surface area (Å²) in [6.07, 6.45) is 6.53. The number of likely N-dealkylation sites (tertiary alicyclic amines) is 1. The maximum Gasteiger partial charge on any atom is 0.258 e. The number of nitrogens with zero attached hydrogens (tertiary/aromatic N) is 3. The molecular weight excluding hydrogens is 454 g/mol. The van der Waals surface area contributed by atoms with Crippen LogP contribution in [0, 0.1) is 5.41 Å². The Balaban J connectivity index is 1.33. The van der Waals surface area contributed by atoms with Crippen LogP contribution in [0.5, 0.6) is 11.5 Å². The second-order valence-corrected chi connectivity index (χ2v) is 10.9. The minimum Gasteiger partial charge on any atom is -0.454 e. The summed E-state index contributed by atoms with van der Waals surface area (Å²) in [4.78, 5) is 20.6. The molecule has 0 atom stereocenters. The van der Waals surface area contributed by atoms with Crippen molar-refractivity contribution in [3.63, 3.8) is 0 Å². The predicted molar refractivity (Wildman–Crippen MR) is 140 cm³/mol. The second kappa shape index (κ2) is 10.3. The highest BCUT2D eigenvalue weighted by Crippen LogP contribution is 2.39. The third-order valence-corrected chi connectivity index (χ3v) is 8.28. The lowest BCUT2D eigenvalue weighted by atomic mass is 9.78. The Hall–Kier alpha value is -2.77. The summed E-state index contributed by atoms with van der Waals surface area (Å²) in [5, 5.41) is 0. The van der Waals surface area contributed by atoms with Crippen molar-refractivity contribution in [3.8, 4) is 11.5 Å². The van der Waals surface area contributed by atoms with Gasteiger partial charge < -0.3 is 24.0 Å². The van der Waals surface area contributed by atoms with Crippen LogP contribution in [0.2, 0.25) is 0 Å². The van der Waals surface area contributed by atoms with E-state index in [0.29, 0.717) is 36.2 Å². The van der Waals surface area contributed by atoms with E-state index < -0.39 is 0 Å². The molecule has 0 radical (unpaired) electrons. The molecule has 2 saturated heterocycles. The van der Waals surface area contributed by atoms with Crippen molar-refractivity contribution >= 4 is 5.91 Å². The Morgan fingerprint density at radius 2 is 1.83 bits per heavy atom. The Labute approximate surface area is 215 Å². The molecule has 1 aromatic carbocycles. The molecule has 4 aliphatic rings. The minimum absolute atomic E-state index is 0.0182. The topological polar surface area (TPSA) is 54.5 Å². The van der Waals surface area contributed by atoms with E-state index in [4.69, 9.17) is 14.2 Å². The summed E-state index contributed by atoms with van der Waals surface area (Å²) in [7, 11) is 0. The highest BCUT2D eigenvalue weighted by Gasteiger charge is 2.35. The summed E-state index contributed by atoms with van der Waals surface area (Å²) in [6.45, 7) is 18.0. The molecule has 7 nitrogen and oxygen atoms in total. The number of piperidine rings is 1. The lowest BCUT2D eigenvalue weighted by Crippen LogP contribution is -2.48. The van der Waals surface area contributed by atoms with Gasteiger partial charge in [0.05, 0.1) is 18.8 Å². The zero-order chi connectivity index (χ0) is 25.3. The molecule has 0 aromatic heterocycles. The van der Waals surface area contributed by atoms with E-state index in [2.05, 4.69) is 43.2 Å². The summed E-state index contributed by atoms with van der Waals surface area (Å²) in [5.74, 6) is 1.17. The predicted octanol–water partition coefficient (Wildman–Crippen LogP) is 4.08. The van der Waals surface area contributed by atoms with Crippen molar-refractivity contribution < 1.29 is 19.0 Å². The summed E-state index contributed by atoms with van der Waals surface area (Å²) in [5.41, 5.74) is 4.09. The number of hydrogen-bond acceptors (Lipinski definition) is 6. The van der Waals surface area contributed by atoms with Crippen molar-refractivity contribution in [3.05, 3.63) is 59.3 Å². The molecule has 1 aromatic rings. The first kappa shape index (κ1) is 24.9. The van der Waals surface area contributed by atoms with Crippen molar-refractivity contribution in [2.24, 2.45) is 5.41 Å². The number of morpholine rings is 1. The van der Waals surface area contributed by atoms with Crippen molar-refractivity contribution in [2.75, 3.05) is 59.3 Å².